The summed E-state index contributed by atoms with van der Waals surface area (Å²) in [5.74, 6) is 1.85. The van der Waals surface area contributed by atoms with Crippen LogP contribution in [0.2, 0.25) is 5.02 Å². The Kier molecular flexibility index (Phi) is 4.93. The lowest BCUT2D eigenvalue weighted by Crippen LogP contribution is -2.39. The lowest BCUT2D eigenvalue weighted by Gasteiger charge is -2.30. The molecule has 122 valence electrons. The Morgan fingerprint density at radius 1 is 1.35 bits per heavy atom. The molecule has 2 heterocycles. The van der Waals surface area contributed by atoms with Crippen molar-refractivity contribution in [2.75, 3.05) is 32.6 Å². The van der Waals surface area contributed by atoms with Crippen LogP contribution in [0.4, 0.5) is 5.82 Å². The minimum Gasteiger partial charge on any atom is -0.496 e. The van der Waals surface area contributed by atoms with Gasteiger partial charge in [0.25, 0.3) is 0 Å². The van der Waals surface area contributed by atoms with Gasteiger partial charge in [0.2, 0.25) is 0 Å². The second kappa shape index (κ2) is 7.10. The third kappa shape index (κ3) is 3.89. The number of likely N-dealkylation sites (N-methyl/N-ethyl adjacent to an activating group) is 1. The van der Waals surface area contributed by atoms with E-state index in [1.54, 1.807) is 25.4 Å². The van der Waals surface area contributed by atoms with Crippen LogP contribution in [0.1, 0.15) is 12.8 Å². The third-order valence-corrected chi connectivity index (χ3v) is 4.18. The molecule has 0 aliphatic carbocycles. The topological polar surface area (TPSA) is 63.2 Å². The summed E-state index contributed by atoms with van der Waals surface area (Å²) in [4.78, 5) is 6.71. The van der Waals surface area contributed by atoms with Crippen molar-refractivity contribution in [2.45, 2.75) is 18.9 Å². The van der Waals surface area contributed by atoms with Gasteiger partial charge >= 0.3 is 0 Å². The van der Waals surface area contributed by atoms with Gasteiger partial charge < -0.3 is 15.0 Å². The summed E-state index contributed by atoms with van der Waals surface area (Å²) in [5, 5.41) is 12.5. The molecule has 1 aromatic carbocycles. The van der Waals surface area contributed by atoms with Crippen LogP contribution in [0, 0.1) is 0 Å². The van der Waals surface area contributed by atoms with Gasteiger partial charge in [0.15, 0.2) is 11.6 Å². The van der Waals surface area contributed by atoms with Crippen molar-refractivity contribution in [3.8, 4) is 17.1 Å². The fourth-order valence-electron chi connectivity index (χ4n) is 2.81. The van der Waals surface area contributed by atoms with Crippen LogP contribution in [0.25, 0.3) is 11.4 Å². The molecule has 1 fully saturated rings. The summed E-state index contributed by atoms with van der Waals surface area (Å²) in [6.45, 7) is 2.16. The number of anilines is 1. The quantitative estimate of drug-likeness (QED) is 0.928. The number of hydrogen-bond donors (Lipinski definition) is 1. The van der Waals surface area contributed by atoms with Crippen LogP contribution in [0.5, 0.6) is 5.75 Å². The minimum atomic E-state index is 0.390. The molecule has 2 aromatic rings. The van der Waals surface area contributed by atoms with Crippen LogP contribution < -0.4 is 10.1 Å². The van der Waals surface area contributed by atoms with E-state index in [0.29, 0.717) is 28.5 Å². The smallest absolute Gasteiger partial charge is 0.185 e. The summed E-state index contributed by atoms with van der Waals surface area (Å²) in [7, 11) is 3.73. The van der Waals surface area contributed by atoms with E-state index in [2.05, 4.69) is 32.4 Å². The van der Waals surface area contributed by atoms with Gasteiger partial charge in [0.1, 0.15) is 5.75 Å². The van der Waals surface area contributed by atoms with E-state index in [0.717, 1.165) is 25.1 Å². The zero-order valence-corrected chi connectivity index (χ0v) is 14.0. The zero-order valence-electron chi connectivity index (χ0n) is 13.3. The van der Waals surface area contributed by atoms with Gasteiger partial charge in [-0.15, -0.1) is 10.2 Å². The highest BCUT2D eigenvalue weighted by atomic mass is 35.5. The monoisotopic (exact) mass is 333 g/mol. The Morgan fingerprint density at radius 2 is 2.22 bits per heavy atom. The van der Waals surface area contributed by atoms with Gasteiger partial charge in [-0.05, 0) is 44.6 Å². The fourth-order valence-corrected chi connectivity index (χ4v) is 2.97. The number of hydrogen-bond acceptors (Lipinski definition) is 6. The molecule has 1 aliphatic rings. The molecule has 1 aliphatic heterocycles. The molecule has 0 bridgehead atoms. The third-order valence-electron chi connectivity index (χ3n) is 3.94. The number of nitrogens with one attached hydrogen (secondary N) is 1. The van der Waals surface area contributed by atoms with E-state index in [1.165, 1.54) is 6.42 Å². The maximum absolute atomic E-state index is 5.98. The maximum Gasteiger partial charge on any atom is 0.185 e. The number of ether oxygens (including phenoxy) is 1. The van der Waals surface area contributed by atoms with Crippen molar-refractivity contribution in [3.63, 3.8) is 0 Å². The lowest BCUT2D eigenvalue weighted by atomic mass is 10.1. The van der Waals surface area contributed by atoms with E-state index < -0.39 is 0 Å². The van der Waals surface area contributed by atoms with E-state index in [1.807, 2.05) is 6.07 Å². The Balaban J connectivity index is 1.74. The van der Waals surface area contributed by atoms with Gasteiger partial charge in [0, 0.05) is 17.6 Å². The molecule has 0 radical (unpaired) electrons. The molecule has 0 saturated carbocycles. The highest BCUT2D eigenvalue weighted by molar-refractivity contribution is 6.30. The zero-order chi connectivity index (χ0) is 16.2. The first-order valence-electron chi connectivity index (χ1n) is 7.64. The maximum atomic E-state index is 5.98. The molecule has 3 rings (SSSR count). The number of halogens is 1. The molecule has 1 N–H and O–H groups in total. The number of benzene rings is 1. The molecule has 23 heavy (non-hydrogen) atoms. The largest absolute Gasteiger partial charge is 0.496 e. The number of piperidine rings is 1. The fraction of sp³-hybridized carbons (Fsp3) is 0.438. The van der Waals surface area contributed by atoms with Crippen molar-refractivity contribution >= 4 is 17.4 Å². The van der Waals surface area contributed by atoms with Crippen LogP contribution in [0.3, 0.4) is 0 Å². The van der Waals surface area contributed by atoms with E-state index >= 15 is 0 Å². The normalized spacial score (nSPS) is 18.7. The predicted octanol–water partition coefficient (Wildman–Crippen LogP) is 2.71. The van der Waals surface area contributed by atoms with Crippen molar-refractivity contribution < 1.29 is 4.74 Å². The predicted molar refractivity (Wildman–Crippen MR) is 91.0 cm³/mol. The summed E-state index contributed by atoms with van der Waals surface area (Å²) in [5.41, 5.74) is 0.772. The summed E-state index contributed by atoms with van der Waals surface area (Å²) >= 11 is 5.98. The Hall–Kier alpha value is -1.92. The minimum absolute atomic E-state index is 0.390. The van der Waals surface area contributed by atoms with Gasteiger partial charge in [0.05, 0.1) is 18.9 Å². The molecule has 1 saturated heterocycles. The average molecular weight is 334 g/mol. The van der Waals surface area contributed by atoms with Crippen LogP contribution in [0.15, 0.2) is 24.4 Å². The molecule has 0 amide bonds. The second-order valence-electron chi connectivity index (χ2n) is 5.76. The summed E-state index contributed by atoms with van der Waals surface area (Å²) in [6, 6.07) is 5.75. The van der Waals surface area contributed by atoms with Crippen molar-refractivity contribution in [1.82, 2.24) is 20.1 Å². The number of aromatic nitrogens is 3. The van der Waals surface area contributed by atoms with Crippen LogP contribution in [-0.2, 0) is 0 Å². The Morgan fingerprint density at radius 3 is 2.91 bits per heavy atom. The first-order valence-corrected chi connectivity index (χ1v) is 8.02. The summed E-state index contributed by atoms with van der Waals surface area (Å²) < 4.78 is 5.33. The first kappa shape index (κ1) is 16.0. The van der Waals surface area contributed by atoms with E-state index in [4.69, 9.17) is 16.3 Å². The molecular weight excluding hydrogens is 314 g/mol. The molecule has 0 spiro atoms. The van der Waals surface area contributed by atoms with E-state index in [9.17, 15) is 0 Å². The number of methoxy groups -OCH3 is 1. The molecule has 1 aromatic heterocycles. The highest BCUT2D eigenvalue weighted by Gasteiger charge is 2.17. The van der Waals surface area contributed by atoms with Gasteiger partial charge in [-0.3, -0.25) is 0 Å². The van der Waals surface area contributed by atoms with E-state index in [-0.39, 0.29) is 0 Å². The molecule has 7 heteroatoms. The molecule has 1 atom stereocenters. The van der Waals surface area contributed by atoms with Crippen molar-refractivity contribution in [3.05, 3.63) is 29.4 Å². The SMILES string of the molecule is COc1cc(Cl)ccc1-c1ncc(N[C@@H]2CCCN(C)C2)nn1. The molecular formula is C16H20ClN5O. The van der Waals surface area contributed by atoms with Gasteiger partial charge in [-0.1, -0.05) is 11.6 Å². The van der Waals surface area contributed by atoms with Crippen LogP contribution in [-0.4, -0.2) is 53.4 Å². The summed E-state index contributed by atoms with van der Waals surface area (Å²) in [6.07, 6.45) is 4.04. The van der Waals surface area contributed by atoms with Crippen LogP contribution >= 0.6 is 11.6 Å². The highest BCUT2D eigenvalue weighted by Crippen LogP contribution is 2.29. The van der Waals surface area contributed by atoms with Gasteiger partial charge in [-0.2, -0.15) is 0 Å². The average Bonchev–Trinajstić information content (AvgIpc) is 2.56. The molecule has 6 nitrogen and oxygen atoms in total. The second-order valence-corrected chi connectivity index (χ2v) is 6.19. The number of nitrogens with zero attached hydrogens (tertiary/aromatic N) is 4. The van der Waals surface area contributed by atoms with Gasteiger partial charge in [-0.25, -0.2) is 4.98 Å². The Bertz CT molecular complexity index is 664. The number of likely N-dealkylation sites (tertiary alicyclic amines) is 1. The lowest BCUT2D eigenvalue weighted by molar-refractivity contribution is 0.260. The van der Waals surface area contributed by atoms with Crippen molar-refractivity contribution in [2.24, 2.45) is 0 Å². The van der Waals surface area contributed by atoms with Crippen molar-refractivity contribution in [1.29, 1.82) is 0 Å². The number of rotatable bonds is 4. The molecule has 0 unspecified atom stereocenters. The standard InChI is InChI=1S/C16H20ClN5O/c1-22-7-3-4-12(10-22)19-15-9-18-16(21-20-15)13-6-5-11(17)8-14(13)23-2/h5-6,8-9,12H,3-4,7,10H2,1-2H3,(H,19,20)/t12-/m1/s1. The Labute approximate surface area is 140 Å². The first-order chi connectivity index (χ1) is 11.2.